The third kappa shape index (κ3) is 5.19. The van der Waals surface area contributed by atoms with E-state index in [1.165, 1.54) is 54.3 Å². The number of benzene rings is 2. The van der Waals surface area contributed by atoms with Crippen molar-refractivity contribution in [3.05, 3.63) is 47.5 Å². The SMILES string of the molecule is Cc1ccc2ccccc2c1C(C#N)(CCN(C(C)C)C(C)C)C(C)CN1CCCCC1. The minimum absolute atomic E-state index is 0.260. The zero-order valence-corrected chi connectivity index (χ0v) is 21.2. The second kappa shape index (κ2) is 10.8. The maximum atomic E-state index is 10.9. The monoisotopic (exact) mass is 433 g/mol. The van der Waals surface area contributed by atoms with Crippen LogP contribution in [0.3, 0.4) is 0 Å². The van der Waals surface area contributed by atoms with Crippen molar-refractivity contribution in [2.45, 2.75) is 84.7 Å². The maximum absolute atomic E-state index is 10.9. The van der Waals surface area contributed by atoms with Gasteiger partial charge in [0.2, 0.25) is 0 Å². The van der Waals surface area contributed by atoms with Crippen molar-refractivity contribution in [2.24, 2.45) is 5.92 Å². The van der Waals surface area contributed by atoms with E-state index in [0.29, 0.717) is 12.1 Å². The van der Waals surface area contributed by atoms with Crippen LogP contribution in [0.25, 0.3) is 10.8 Å². The molecule has 0 saturated carbocycles. The van der Waals surface area contributed by atoms with E-state index in [4.69, 9.17) is 0 Å². The number of likely N-dealkylation sites (tertiary alicyclic amines) is 1. The smallest absolute Gasteiger partial charge is 0.0880 e. The van der Waals surface area contributed by atoms with Gasteiger partial charge in [-0.3, -0.25) is 4.90 Å². The fourth-order valence-corrected chi connectivity index (χ4v) is 5.92. The van der Waals surface area contributed by atoms with Crippen LogP contribution >= 0.6 is 0 Å². The van der Waals surface area contributed by atoms with Crippen molar-refractivity contribution in [1.82, 2.24) is 9.80 Å². The molecule has 1 heterocycles. The van der Waals surface area contributed by atoms with Gasteiger partial charge in [-0.2, -0.15) is 5.26 Å². The molecular formula is C29H43N3. The minimum atomic E-state index is -0.510. The third-order valence-corrected chi connectivity index (χ3v) is 7.70. The first-order valence-electron chi connectivity index (χ1n) is 12.7. The van der Waals surface area contributed by atoms with Gasteiger partial charge >= 0.3 is 0 Å². The summed E-state index contributed by atoms with van der Waals surface area (Å²) in [6.07, 6.45) is 4.78. The van der Waals surface area contributed by atoms with Crippen molar-refractivity contribution < 1.29 is 0 Å². The number of nitriles is 1. The molecule has 1 saturated heterocycles. The number of aryl methyl sites for hydroxylation is 1. The molecule has 174 valence electrons. The predicted molar refractivity (Wildman–Crippen MR) is 137 cm³/mol. The summed E-state index contributed by atoms with van der Waals surface area (Å²) in [6, 6.07) is 16.9. The molecule has 0 aromatic heterocycles. The highest BCUT2D eigenvalue weighted by atomic mass is 15.2. The molecule has 0 N–H and O–H groups in total. The number of hydrogen-bond acceptors (Lipinski definition) is 3. The van der Waals surface area contributed by atoms with Gasteiger partial charge in [-0.15, -0.1) is 0 Å². The lowest BCUT2D eigenvalue weighted by Gasteiger charge is -2.41. The van der Waals surface area contributed by atoms with E-state index < -0.39 is 5.41 Å². The van der Waals surface area contributed by atoms with Crippen LogP contribution < -0.4 is 0 Å². The summed E-state index contributed by atoms with van der Waals surface area (Å²) in [6.45, 7) is 17.9. The van der Waals surface area contributed by atoms with Gasteiger partial charge in [0.25, 0.3) is 0 Å². The molecule has 3 rings (SSSR count). The second-order valence-corrected chi connectivity index (χ2v) is 10.5. The molecule has 2 aromatic rings. The number of piperidine rings is 1. The lowest BCUT2D eigenvalue weighted by atomic mass is 9.66. The fraction of sp³-hybridized carbons (Fsp3) is 0.621. The summed E-state index contributed by atoms with van der Waals surface area (Å²) in [7, 11) is 0. The van der Waals surface area contributed by atoms with Crippen LogP contribution in [0.5, 0.6) is 0 Å². The summed E-state index contributed by atoms with van der Waals surface area (Å²) in [4.78, 5) is 5.14. The highest BCUT2D eigenvalue weighted by Crippen LogP contribution is 2.42. The summed E-state index contributed by atoms with van der Waals surface area (Å²) >= 11 is 0. The highest BCUT2D eigenvalue weighted by Gasteiger charge is 2.41. The van der Waals surface area contributed by atoms with Crippen LogP contribution in [-0.2, 0) is 5.41 Å². The minimum Gasteiger partial charge on any atom is -0.303 e. The second-order valence-electron chi connectivity index (χ2n) is 10.5. The Hall–Kier alpha value is -1.89. The van der Waals surface area contributed by atoms with Crippen molar-refractivity contribution in [1.29, 1.82) is 5.26 Å². The molecule has 32 heavy (non-hydrogen) atoms. The molecule has 1 fully saturated rings. The quantitative estimate of drug-likeness (QED) is 0.450. The van der Waals surface area contributed by atoms with Crippen molar-refractivity contribution in [3.8, 4) is 6.07 Å². The molecular weight excluding hydrogens is 390 g/mol. The van der Waals surface area contributed by atoms with Gasteiger partial charge in [0.1, 0.15) is 0 Å². The first-order valence-corrected chi connectivity index (χ1v) is 12.7. The van der Waals surface area contributed by atoms with Gasteiger partial charge in [-0.25, -0.2) is 0 Å². The number of nitrogens with zero attached hydrogens (tertiary/aromatic N) is 3. The average Bonchev–Trinajstić information content (AvgIpc) is 2.77. The summed E-state index contributed by atoms with van der Waals surface area (Å²) in [5.74, 6) is 0.260. The molecule has 1 aliphatic rings. The molecule has 0 bridgehead atoms. The molecule has 0 amide bonds. The zero-order valence-electron chi connectivity index (χ0n) is 21.2. The Kier molecular flexibility index (Phi) is 8.37. The van der Waals surface area contributed by atoms with Crippen LogP contribution in [0.15, 0.2) is 36.4 Å². The van der Waals surface area contributed by atoms with E-state index in [2.05, 4.69) is 93.8 Å². The molecule has 0 aliphatic carbocycles. The van der Waals surface area contributed by atoms with E-state index in [1.54, 1.807) is 0 Å². The van der Waals surface area contributed by atoms with Crippen molar-refractivity contribution in [2.75, 3.05) is 26.2 Å². The van der Waals surface area contributed by atoms with Gasteiger partial charge in [0.15, 0.2) is 0 Å². The molecule has 0 spiro atoms. The summed E-state index contributed by atoms with van der Waals surface area (Å²) in [5.41, 5.74) is 2.00. The Balaban J connectivity index is 2.08. The Morgan fingerprint density at radius 2 is 1.62 bits per heavy atom. The average molecular weight is 434 g/mol. The number of rotatable bonds is 9. The van der Waals surface area contributed by atoms with Crippen LogP contribution in [0.4, 0.5) is 0 Å². The van der Waals surface area contributed by atoms with Gasteiger partial charge < -0.3 is 4.90 Å². The van der Waals surface area contributed by atoms with Gasteiger partial charge in [-0.1, -0.05) is 49.7 Å². The van der Waals surface area contributed by atoms with E-state index in [9.17, 15) is 5.26 Å². The Morgan fingerprint density at radius 3 is 2.25 bits per heavy atom. The van der Waals surface area contributed by atoms with Crippen molar-refractivity contribution >= 4 is 10.8 Å². The fourth-order valence-electron chi connectivity index (χ4n) is 5.92. The molecule has 2 aromatic carbocycles. The first kappa shape index (κ1) is 24.7. The highest BCUT2D eigenvalue weighted by molar-refractivity contribution is 5.88. The standard InChI is InChI=1S/C29H43N3/c1-22(2)32(23(3)4)19-16-29(21-30,25(6)20-31-17-10-7-11-18-31)28-24(5)14-15-26-12-8-9-13-27(26)28/h8-9,12-15,22-23,25H,7,10-11,16-20H2,1-6H3. The topological polar surface area (TPSA) is 30.3 Å². The molecule has 0 radical (unpaired) electrons. The maximum Gasteiger partial charge on any atom is 0.0880 e. The van der Waals surface area contributed by atoms with E-state index >= 15 is 0 Å². The third-order valence-electron chi connectivity index (χ3n) is 7.70. The summed E-state index contributed by atoms with van der Waals surface area (Å²) in [5, 5.41) is 13.4. The molecule has 2 unspecified atom stereocenters. The number of fused-ring (bicyclic) bond motifs is 1. The largest absolute Gasteiger partial charge is 0.303 e. The Bertz CT molecular complexity index is 912. The van der Waals surface area contributed by atoms with Gasteiger partial charge in [0, 0.05) is 25.2 Å². The first-order chi connectivity index (χ1) is 15.3. The van der Waals surface area contributed by atoms with Crippen LogP contribution in [-0.4, -0.2) is 48.1 Å². The Morgan fingerprint density at radius 1 is 0.969 bits per heavy atom. The predicted octanol–water partition coefficient (Wildman–Crippen LogP) is 6.54. The molecule has 1 aliphatic heterocycles. The normalized spacial score (nSPS) is 18.2. The molecule has 3 heteroatoms. The van der Waals surface area contributed by atoms with Gasteiger partial charge in [-0.05, 0) is 94.8 Å². The van der Waals surface area contributed by atoms with Crippen molar-refractivity contribution in [3.63, 3.8) is 0 Å². The van der Waals surface area contributed by atoms with Crippen LogP contribution in [0, 0.1) is 24.2 Å². The van der Waals surface area contributed by atoms with E-state index in [0.717, 1.165) is 19.5 Å². The molecule has 2 atom stereocenters. The van der Waals surface area contributed by atoms with Crippen LogP contribution in [0.2, 0.25) is 0 Å². The lowest BCUT2D eigenvalue weighted by molar-refractivity contribution is 0.135. The molecule has 3 nitrogen and oxygen atoms in total. The Labute approximate surface area is 196 Å². The van der Waals surface area contributed by atoms with Crippen LogP contribution in [0.1, 0.15) is 71.4 Å². The lowest BCUT2D eigenvalue weighted by Crippen LogP contribution is -2.46. The van der Waals surface area contributed by atoms with E-state index in [1.807, 2.05) is 0 Å². The number of hydrogen-bond donors (Lipinski definition) is 0. The summed E-state index contributed by atoms with van der Waals surface area (Å²) < 4.78 is 0. The zero-order chi connectivity index (χ0) is 23.3. The van der Waals surface area contributed by atoms with Gasteiger partial charge in [0.05, 0.1) is 11.5 Å². The van der Waals surface area contributed by atoms with E-state index in [-0.39, 0.29) is 5.92 Å².